The Morgan fingerprint density at radius 3 is 2.62 bits per heavy atom. The summed E-state index contributed by atoms with van der Waals surface area (Å²) in [5.74, 6) is 0. The van der Waals surface area contributed by atoms with Crippen LogP contribution in [0.3, 0.4) is 0 Å². The van der Waals surface area contributed by atoms with Gasteiger partial charge in [0.2, 0.25) is 0 Å². The van der Waals surface area contributed by atoms with E-state index in [0.29, 0.717) is 10.9 Å². The van der Waals surface area contributed by atoms with Crippen LogP contribution in [0.15, 0.2) is 30.6 Å². The Labute approximate surface area is 149 Å². The molecule has 0 aliphatic carbocycles. The van der Waals surface area contributed by atoms with Gasteiger partial charge in [0.1, 0.15) is 17.8 Å². The summed E-state index contributed by atoms with van der Waals surface area (Å²) in [6.07, 6.45) is -0.653. The fourth-order valence-electron chi connectivity index (χ4n) is 2.44. The predicted octanol–water partition coefficient (Wildman–Crippen LogP) is 2.06. The summed E-state index contributed by atoms with van der Waals surface area (Å²) in [7, 11) is 0. The molecule has 0 aliphatic heterocycles. The summed E-state index contributed by atoms with van der Waals surface area (Å²) in [6, 6.07) is 4.15. The number of rotatable bonds is 5. The Morgan fingerprint density at radius 1 is 1.31 bits per heavy atom. The number of nitro groups is 1. The van der Waals surface area contributed by atoms with E-state index in [0.717, 1.165) is 0 Å². The number of carbonyl (C=O) groups is 1. The van der Waals surface area contributed by atoms with E-state index in [9.17, 15) is 25.1 Å². The van der Waals surface area contributed by atoms with E-state index in [1.165, 1.54) is 30.6 Å². The molecule has 0 spiro atoms. The minimum absolute atomic E-state index is 0.148. The van der Waals surface area contributed by atoms with Crippen molar-refractivity contribution < 1.29 is 24.7 Å². The lowest BCUT2D eigenvalue weighted by Crippen LogP contribution is -2.38. The summed E-state index contributed by atoms with van der Waals surface area (Å²) in [5, 5.41) is 34.8. The highest BCUT2D eigenvalue weighted by molar-refractivity contribution is 5.92. The smallest absolute Gasteiger partial charge is 0.407 e. The van der Waals surface area contributed by atoms with E-state index in [2.05, 4.69) is 10.3 Å². The Morgan fingerprint density at radius 2 is 2.00 bits per heavy atom. The number of benzene rings is 1. The molecule has 2 atom stereocenters. The highest BCUT2D eigenvalue weighted by Crippen LogP contribution is 2.32. The lowest BCUT2D eigenvalue weighted by atomic mass is 9.97. The lowest BCUT2D eigenvalue weighted by molar-refractivity contribution is -0.383. The molecule has 2 aromatic rings. The number of non-ortho nitro benzene ring substituents is 1. The van der Waals surface area contributed by atoms with Crippen LogP contribution in [0.5, 0.6) is 0 Å². The third-order valence-electron chi connectivity index (χ3n) is 3.56. The maximum absolute atomic E-state index is 11.6. The van der Waals surface area contributed by atoms with Gasteiger partial charge in [0.05, 0.1) is 10.3 Å². The average Bonchev–Trinajstić information content (AvgIpc) is 2.56. The molecule has 9 heteroatoms. The second-order valence-electron chi connectivity index (χ2n) is 6.75. The number of aliphatic hydroxyl groups excluding tert-OH is 2. The molecule has 0 radical (unpaired) electrons. The summed E-state index contributed by atoms with van der Waals surface area (Å²) >= 11 is 0. The molecule has 9 nitrogen and oxygen atoms in total. The van der Waals surface area contributed by atoms with Gasteiger partial charge in [-0.15, -0.1) is 0 Å². The average molecular weight is 363 g/mol. The number of carbonyl (C=O) groups excluding carboxylic acids is 1. The Hall–Kier alpha value is -2.78. The van der Waals surface area contributed by atoms with Gasteiger partial charge < -0.3 is 20.3 Å². The molecule has 26 heavy (non-hydrogen) atoms. The zero-order valence-electron chi connectivity index (χ0n) is 14.7. The maximum Gasteiger partial charge on any atom is 0.407 e. The Kier molecular flexibility index (Phi) is 5.73. The Bertz CT molecular complexity index is 818. The van der Waals surface area contributed by atoms with Crippen molar-refractivity contribution in [1.82, 2.24) is 10.3 Å². The molecule has 3 N–H and O–H groups in total. The third-order valence-corrected chi connectivity index (χ3v) is 3.56. The van der Waals surface area contributed by atoms with Crippen molar-refractivity contribution in [3.8, 4) is 0 Å². The summed E-state index contributed by atoms with van der Waals surface area (Å²) in [6.45, 7) is 4.86. The van der Waals surface area contributed by atoms with Crippen LogP contribution < -0.4 is 5.32 Å². The SMILES string of the molecule is CC(C)(C)OC(=O)NCC(O)C(O)c1ccc([N+](=O)[O-])c2cnccc12. The summed E-state index contributed by atoms with van der Waals surface area (Å²) in [5.41, 5.74) is -0.535. The van der Waals surface area contributed by atoms with Crippen molar-refractivity contribution in [2.24, 2.45) is 0 Å². The van der Waals surface area contributed by atoms with Gasteiger partial charge in [-0.2, -0.15) is 0 Å². The van der Waals surface area contributed by atoms with Crippen LogP contribution in [0.4, 0.5) is 10.5 Å². The van der Waals surface area contributed by atoms with E-state index < -0.39 is 28.8 Å². The monoisotopic (exact) mass is 363 g/mol. The topological polar surface area (TPSA) is 135 Å². The fraction of sp³-hybridized carbons (Fsp3) is 0.412. The first kappa shape index (κ1) is 19.5. The molecule has 2 rings (SSSR count). The molecule has 1 amide bonds. The van der Waals surface area contributed by atoms with Gasteiger partial charge in [0.15, 0.2) is 0 Å². The van der Waals surface area contributed by atoms with Crippen molar-refractivity contribution in [3.05, 3.63) is 46.3 Å². The number of nitrogens with one attached hydrogen (secondary N) is 1. The lowest BCUT2D eigenvalue weighted by Gasteiger charge is -2.22. The number of hydrogen-bond acceptors (Lipinski definition) is 7. The highest BCUT2D eigenvalue weighted by Gasteiger charge is 2.25. The minimum Gasteiger partial charge on any atom is -0.444 e. The number of alkyl carbamates (subject to hydrolysis) is 1. The molecule has 1 heterocycles. The molecular weight excluding hydrogens is 342 g/mol. The third kappa shape index (κ3) is 4.64. The van der Waals surface area contributed by atoms with Gasteiger partial charge in [-0.1, -0.05) is 0 Å². The molecule has 2 unspecified atom stereocenters. The first-order chi connectivity index (χ1) is 12.1. The van der Waals surface area contributed by atoms with Gasteiger partial charge in [-0.05, 0) is 43.9 Å². The van der Waals surface area contributed by atoms with Crippen molar-refractivity contribution in [2.45, 2.75) is 38.6 Å². The number of nitrogens with zero attached hydrogens (tertiary/aromatic N) is 2. The van der Waals surface area contributed by atoms with Crippen molar-refractivity contribution in [1.29, 1.82) is 0 Å². The van der Waals surface area contributed by atoms with Crippen LogP contribution in [0, 0.1) is 10.1 Å². The van der Waals surface area contributed by atoms with Crippen molar-refractivity contribution in [3.63, 3.8) is 0 Å². The number of aromatic nitrogens is 1. The van der Waals surface area contributed by atoms with E-state index in [-0.39, 0.29) is 17.6 Å². The van der Waals surface area contributed by atoms with Gasteiger partial charge in [-0.3, -0.25) is 15.1 Å². The van der Waals surface area contributed by atoms with Crippen LogP contribution in [-0.2, 0) is 4.74 Å². The van der Waals surface area contributed by atoms with Gasteiger partial charge in [0, 0.05) is 25.0 Å². The minimum atomic E-state index is -1.37. The number of aliphatic hydroxyl groups is 2. The summed E-state index contributed by atoms with van der Waals surface area (Å²) in [4.78, 5) is 26.1. The molecule has 1 aromatic carbocycles. The van der Waals surface area contributed by atoms with E-state index in [1.54, 1.807) is 20.8 Å². The first-order valence-electron chi connectivity index (χ1n) is 7.94. The van der Waals surface area contributed by atoms with Crippen molar-refractivity contribution in [2.75, 3.05) is 6.54 Å². The van der Waals surface area contributed by atoms with Gasteiger partial charge in [0.25, 0.3) is 5.69 Å². The zero-order chi connectivity index (χ0) is 19.5. The van der Waals surface area contributed by atoms with Crippen LogP contribution >= 0.6 is 0 Å². The van der Waals surface area contributed by atoms with Crippen LogP contribution in [0.1, 0.15) is 32.4 Å². The fourth-order valence-corrected chi connectivity index (χ4v) is 2.44. The standard InChI is InChI=1S/C17H21N3O6/c1-17(2,3)26-16(23)19-9-14(21)15(22)11-4-5-13(20(24)25)12-8-18-7-6-10(11)12/h4-8,14-15,21-22H,9H2,1-3H3,(H,19,23). The first-order valence-corrected chi connectivity index (χ1v) is 7.94. The molecular formula is C17H21N3O6. The van der Waals surface area contributed by atoms with Gasteiger partial charge >= 0.3 is 6.09 Å². The molecule has 0 bridgehead atoms. The number of pyridine rings is 1. The molecule has 0 fully saturated rings. The van der Waals surface area contributed by atoms with Gasteiger partial charge in [-0.25, -0.2) is 4.79 Å². The van der Waals surface area contributed by atoms with Crippen molar-refractivity contribution >= 4 is 22.6 Å². The zero-order valence-corrected chi connectivity index (χ0v) is 14.7. The predicted molar refractivity (Wildman–Crippen MR) is 93.6 cm³/mol. The molecule has 0 aliphatic rings. The largest absolute Gasteiger partial charge is 0.444 e. The second-order valence-corrected chi connectivity index (χ2v) is 6.75. The number of ether oxygens (including phenoxy) is 1. The van der Waals surface area contributed by atoms with Crippen LogP contribution in [0.2, 0.25) is 0 Å². The number of amides is 1. The van der Waals surface area contributed by atoms with E-state index in [1.807, 2.05) is 0 Å². The number of fused-ring (bicyclic) bond motifs is 1. The van der Waals surface area contributed by atoms with Crippen LogP contribution in [-0.4, -0.2) is 44.5 Å². The maximum atomic E-state index is 11.6. The number of hydrogen-bond donors (Lipinski definition) is 3. The highest BCUT2D eigenvalue weighted by atomic mass is 16.6. The molecule has 0 saturated carbocycles. The normalized spacial score (nSPS) is 13.9. The molecule has 1 aromatic heterocycles. The Balaban J connectivity index is 2.19. The second kappa shape index (κ2) is 7.63. The number of nitro benzene ring substituents is 1. The van der Waals surface area contributed by atoms with E-state index in [4.69, 9.17) is 4.74 Å². The van der Waals surface area contributed by atoms with Crippen LogP contribution in [0.25, 0.3) is 10.8 Å². The molecule has 140 valence electrons. The quantitative estimate of drug-likeness (QED) is 0.546. The van der Waals surface area contributed by atoms with E-state index >= 15 is 0 Å². The molecule has 0 saturated heterocycles. The summed E-state index contributed by atoms with van der Waals surface area (Å²) < 4.78 is 5.06.